The van der Waals surface area contributed by atoms with Gasteiger partial charge in [-0.2, -0.15) is 13.2 Å². The minimum atomic E-state index is -4.53. The summed E-state index contributed by atoms with van der Waals surface area (Å²) in [4.78, 5) is 16.0. The summed E-state index contributed by atoms with van der Waals surface area (Å²) >= 11 is 1.80. The van der Waals surface area contributed by atoms with Crippen LogP contribution in [0.3, 0.4) is 0 Å². The van der Waals surface area contributed by atoms with Crippen LogP contribution in [0.15, 0.2) is 29.2 Å². The molecule has 0 radical (unpaired) electrons. The molecule has 0 spiro atoms. The van der Waals surface area contributed by atoms with Gasteiger partial charge < -0.3 is 5.73 Å². The minimum absolute atomic E-state index is 0.0225. The lowest BCUT2D eigenvalue weighted by Crippen LogP contribution is -2.27. The standard InChI is InChI=1S/C13H11F3IN3O/c1-7-19-5-11(17)12(21)20(7)6-8-2-3-9(18)4-10(8)13(14,15)16/h2-5H,6,18H2,1H3. The minimum Gasteiger partial charge on any atom is -0.399 e. The van der Waals surface area contributed by atoms with Crippen molar-refractivity contribution in [3.63, 3.8) is 0 Å². The van der Waals surface area contributed by atoms with Crippen molar-refractivity contribution >= 4 is 28.3 Å². The molecule has 0 atom stereocenters. The van der Waals surface area contributed by atoms with Crippen molar-refractivity contribution in [1.29, 1.82) is 0 Å². The van der Waals surface area contributed by atoms with E-state index in [4.69, 9.17) is 5.73 Å². The maximum Gasteiger partial charge on any atom is 0.416 e. The highest BCUT2D eigenvalue weighted by Crippen LogP contribution is 2.33. The number of rotatable bonds is 2. The van der Waals surface area contributed by atoms with Crippen molar-refractivity contribution in [3.8, 4) is 0 Å². The summed E-state index contributed by atoms with van der Waals surface area (Å²) in [7, 11) is 0. The quantitative estimate of drug-likeness (QED) is 0.613. The molecule has 1 heterocycles. The van der Waals surface area contributed by atoms with E-state index in [0.29, 0.717) is 9.39 Å². The number of hydrogen-bond donors (Lipinski definition) is 1. The number of nitrogen functional groups attached to an aromatic ring is 1. The Balaban J connectivity index is 2.56. The van der Waals surface area contributed by atoms with Gasteiger partial charge in [0.05, 0.1) is 15.7 Å². The second-order valence-electron chi connectivity index (χ2n) is 4.46. The van der Waals surface area contributed by atoms with Crippen LogP contribution in [0.4, 0.5) is 18.9 Å². The van der Waals surface area contributed by atoms with E-state index in [1.807, 2.05) is 0 Å². The molecule has 2 N–H and O–H groups in total. The highest BCUT2D eigenvalue weighted by molar-refractivity contribution is 14.1. The first-order chi connectivity index (χ1) is 9.70. The number of aryl methyl sites for hydroxylation is 1. The molecule has 0 aliphatic heterocycles. The molecular formula is C13H11F3IN3O. The Bertz CT molecular complexity index is 740. The molecule has 8 heteroatoms. The summed E-state index contributed by atoms with van der Waals surface area (Å²) in [5.41, 5.74) is 4.21. The summed E-state index contributed by atoms with van der Waals surface area (Å²) < 4.78 is 40.7. The summed E-state index contributed by atoms with van der Waals surface area (Å²) in [6.45, 7) is 1.37. The number of alkyl halides is 3. The summed E-state index contributed by atoms with van der Waals surface area (Å²) in [5.74, 6) is 0.352. The van der Waals surface area contributed by atoms with Gasteiger partial charge >= 0.3 is 6.18 Å². The molecule has 21 heavy (non-hydrogen) atoms. The zero-order chi connectivity index (χ0) is 15.8. The van der Waals surface area contributed by atoms with Crippen LogP contribution in [0.5, 0.6) is 0 Å². The van der Waals surface area contributed by atoms with Gasteiger partial charge in [-0.25, -0.2) is 4.98 Å². The van der Waals surface area contributed by atoms with Crippen LogP contribution in [0.1, 0.15) is 17.0 Å². The fourth-order valence-corrected chi connectivity index (χ4v) is 2.33. The Morgan fingerprint density at radius 3 is 2.67 bits per heavy atom. The maximum absolute atomic E-state index is 13.1. The van der Waals surface area contributed by atoms with E-state index in [1.165, 1.54) is 22.9 Å². The first-order valence-electron chi connectivity index (χ1n) is 5.87. The first-order valence-corrected chi connectivity index (χ1v) is 6.95. The lowest BCUT2D eigenvalue weighted by Gasteiger charge is -2.16. The number of nitrogens with zero attached hydrogens (tertiary/aromatic N) is 2. The van der Waals surface area contributed by atoms with Gasteiger partial charge in [0.15, 0.2) is 0 Å². The Hall–Kier alpha value is -1.58. The number of nitrogens with two attached hydrogens (primary N) is 1. The van der Waals surface area contributed by atoms with Crippen LogP contribution in [-0.2, 0) is 12.7 Å². The Morgan fingerprint density at radius 2 is 2.05 bits per heavy atom. The Labute approximate surface area is 131 Å². The SMILES string of the molecule is Cc1ncc(I)c(=O)n1Cc1ccc(N)cc1C(F)(F)F. The van der Waals surface area contributed by atoms with Crippen molar-refractivity contribution < 1.29 is 13.2 Å². The average molecular weight is 409 g/mol. The van der Waals surface area contributed by atoms with Gasteiger partial charge in [-0.3, -0.25) is 9.36 Å². The second-order valence-corrected chi connectivity index (χ2v) is 5.62. The van der Waals surface area contributed by atoms with Crippen molar-refractivity contribution in [2.45, 2.75) is 19.6 Å². The molecule has 2 aromatic rings. The molecular weight excluding hydrogens is 398 g/mol. The molecule has 0 aliphatic rings. The highest BCUT2D eigenvalue weighted by Gasteiger charge is 2.33. The molecule has 0 saturated carbocycles. The van der Waals surface area contributed by atoms with E-state index in [-0.39, 0.29) is 23.4 Å². The zero-order valence-corrected chi connectivity index (χ0v) is 13.1. The van der Waals surface area contributed by atoms with Crippen molar-refractivity contribution in [2.24, 2.45) is 0 Å². The molecule has 0 saturated heterocycles. The van der Waals surface area contributed by atoms with Crippen molar-refractivity contribution in [3.05, 3.63) is 55.3 Å². The van der Waals surface area contributed by atoms with Gasteiger partial charge in [-0.15, -0.1) is 0 Å². The van der Waals surface area contributed by atoms with Crippen LogP contribution in [-0.4, -0.2) is 9.55 Å². The summed E-state index contributed by atoms with van der Waals surface area (Å²) in [6, 6.07) is 3.53. The number of benzene rings is 1. The number of anilines is 1. The molecule has 4 nitrogen and oxygen atoms in total. The Morgan fingerprint density at radius 1 is 1.38 bits per heavy atom. The number of halogens is 4. The third kappa shape index (κ3) is 3.36. The zero-order valence-electron chi connectivity index (χ0n) is 10.9. The maximum atomic E-state index is 13.1. The van der Waals surface area contributed by atoms with Gasteiger partial charge in [0, 0.05) is 11.9 Å². The van der Waals surface area contributed by atoms with E-state index in [9.17, 15) is 18.0 Å². The van der Waals surface area contributed by atoms with Crippen LogP contribution in [0, 0.1) is 10.5 Å². The first kappa shape index (κ1) is 15.8. The van der Waals surface area contributed by atoms with Gasteiger partial charge in [0.2, 0.25) is 0 Å². The fraction of sp³-hybridized carbons (Fsp3) is 0.231. The molecule has 1 aromatic heterocycles. The largest absolute Gasteiger partial charge is 0.416 e. The lowest BCUT2D eigenvalue weighted by atomic mass is 10.1. The topological polar surface area (TPSA) is 60.9 Å². The van der Waals surface area contributed by atoms with Gasteiger partial charge in [0.1, 0.15) is 5.82 Å². The third-order valence-electron chi connectivity index (χ3n) is 2.97. The van der Waals surface area contributed by atoms with Crippen molar-refractivity contribution in [1.82, 2.24) is 9.55 Å². The molecule has 0 aliphatic carbocycles. The van der Waals surface area contributed by atoms with E-state index in [2.05, 4.69) is 4.98 Å². The Kier molecular flexibility index (Phi) is 4.26. The monoisotopic (exact) mass is 409 g/mol. The predicted molar refractivity (Wildman–Crippen MR) is 80.9 cm³/mol. The van der Waals surface area contributed by atoms with Crippen LogP contribution in [0.25, 0.3) is 0 Å². The average Bonchev–Trinajstić information content (AvgIpc) is 2.39. The van der Waals surface area contributed by atoms with E-state index < -0.39 is 11.7 Å². The smallest absolute Gasteiger partial charge is 0.399 e. The molecule has 112 valence electrons. The molecule has 0 unspecified atom stereocenters. The lowest BCUT2D eigenvalue weighted by molar-refractivity contribution is -0.138. The van der Waals surface area contributed by atoms with Crippen LogP contribution >= 0.6 is 22.6 Å². The molecule has 0 amide bonds. The van der Waals surface area contributed by atoms with Gasteiger partial charge in [-0.05, 0) is 47.2 Å². The molecule has 0 bridgehead atoms. The predicted octanol–water partition coefficient (Wildman–Crippen LogP) is 2.81. The fourth-order valence-electron chi connectivity index (χ4n) is 1.90. The van der Waals surface area contributed by atoms with E-state index in [1.54, 1.807) is 29.5 Å². The normalized spacial score (nSPS) is 11.7. The molecule has 1 aromatic carbocycles. The number of hydrogen-bond acceptors (Lipinski definition) is 3. The summed E-state index contributed by atoms with van der Waals surface area (Å²) in [6.07, 6.45) is -3.14. The highest BCUT2D eigenvalue weighted by atomic mass is 127. The van der Waals surface area contributed by atoms with Crippen LogP contribution in [0.2, 0.25) is 0 Å². The van der Waals surface area contributed by atoms with Crippen molar-refractivity contribution in [2.75, 3.05) is 5.73 Å². The van der Waals surface area contributed by atoms with Crippen LogP contribution < -0.4 is 11.3 Å². The van der Waals surface area contributed by atoms with Gasteiger partial charge in [-0.1, -0.05) is 6.07 Å². The molecule has 2 rings (SSSR count). The molecule has 0 fully saturated rings. The number of aromatic nitrogens is 2. The van der Waals surface area contributed by atoms with E-state index in [0.717, 1.165) is 6.07 Å². The second kappa shape index (κ2) is 5.66. The van der Waals surface area contributed by atoms with E-state index >= 15 is 0 Å². The summed E-state index contributed by atoms with van der Waals surface area (Å²) in [5, 5.41) is 0. The third-order valence-corrected chi connectivity index (χ3v) is 3.71. The van der Waals surface area contributed by atoms with Gasteiger partial charge in [0.25, 0.3) is 5.56 Å².